The molecular weight excluding hydrogens is 312 g/mol. The second-order valence-corrected chi connectivity index (χ2v) is 5.56. The van der Waals surface area contributed by atoms with E-state index in [9.17, 15) is 9.59 Å². The van der Waals surface area contributed by atoms with Crippen LogP contribution in [0.2, 0.25) is 0 Å². The number of hydrogen-bond donors (Lipinski definition) is 2. The highest BCUT2D eigenvalue weighted by Crippen LogP contribution is 2.05. The number of hydrogen-bond acceptors (Lipinski definition) is 3. The van der Waals surface area contributed by atoms with Crippen LogP contribution in [0.5, 0.6) is 0 Å². The van der Waals surface area contributed by atoms with E-state index in [-0.39, 0.29) is 36.5 Å². The molecule has 0 aromatic carbocycles. The summed E-state index contributed by atoms with van der Waals surface area (Å²) < 4.78 is 2.29. The Hall–Kier alpha value is -1.14. The van der Waals surface area contributed by atoms with Crippen LogP contribution in [0, 0.1) is 5.92 Å². The van der Waals surface area contributed by atoms with E-state index in [0.29, 0.717) is 6.54 Å². The Morgan fingerprint density at radius 1 is 1.47 bits per heavy atom. The Labute approximate surface area is 120 Å². The molecule has 2 N–H and O–H groups in total. The first-order valence-electron chi connectivity index (χ1n) is 6.20. The molecule has 0 fully saturated rings. The quantitative estimate of drug-likeness (QED) is 0.821. The van der Waals surface area contributed by atoms with Crippen molar-refractivity contribution in [3.8, 4) is 0 Å². The van der Waals surface area contributed by atoms with Crippen LogP contribution < -0.4 is 10.9 Å². The van der Waals surface area contributed by atoms with Crippen molar-refractivity contribution >= 4 is 21.8 Å². The summed E-state index contributed by atoms with van der Waals surface area (Å²) in [6, 6.07) is 3.04. The second kappa shape index (κ2) is 7.45. The number of nitrogens with zero attached hydrogens (tertiary/aromatic N) is 1. The van der Waals surface area contributed by atoms with Crippen LogP contribution in [0.25, 0.3) is 0 Å². The lowest BCUT2D eigenvalue weighted by Gasteiger charge is -2.19. The minimum absolute atomic E-state index is 0.0116. The summed E-state index contributed by atoms with van der Waals surface area (Å²) in [5, 5.41) is 11.8. The Balaban J connectivity index is 2.50. The Kier molecular flexibility index (Phi) is 6.24. The summed E-state index contributed by atoms with van der Waals surface area (Å²) in [5.74, 6) is -0.114. The van der Waals surface area contributed by atoms with Gasteiger partial charge < -0.3 is 15.0 Å². The summed E-state index contributed by atoms with van der Waals surface area (Å²) in [7, 11) is 0. The van der Waals surface area contributed by atoms with Gasteiger partial charge >= 0.3 is 0 Å². The maximum atomic E-state index is 11.7. The van der Waals surface area contributed by atoms with Crippen LogP contribution in [-0.2, 0) is 11.3 Å². The van der Waals surface area contributed by atoms with Crippen molar-refractivity contribution in [3.05, 3.63) is 33.2 Å². The molecule has 1 heterocycles. The molecule has 1 aromatic rings. The van der Waals surface area contributed by atoms with E-state index in [1.165, 1.54) is 10.6 Å². The molecule has 0 aliphatic heterocycles. The molecule has 6 heteroatoms. The van der Waals surface area contributed by atoms with Crippen molar-refractivity contribution in [3.63, 3.8) is 0 Å². The summed E-state index contributed by atoms with van der Waals surface area (Å²) in [6.45, 7) is 4.09. The van der Waals surface area contributed by atoms with E-state index >= 15 is 0 Å². The van der Waals surface area contributed by atoms with Gasteiger partial charge in [0.25, 0.3) is 5.56 Å². The van der Waals surface area contributed by atoms with Gasteiger partial charge in [0.1, 0.15) is 0 Å². The Morgan fingerprint density at radius 2 is 2.16 bits per heavy atom. The van der Waals surface area contributed by atoms with Crippen LogP contribution in [0.4, 0.5) is 0 Å². The van der Waals surface area contributed by atoms with E-state index < -0.39 is 0 Å². The zero-order valence-electron chi connectivity index (χ0n) is 11.1. The number of nitrogens with one attached hydrogen (secondary N) is 1. The summed E-state index contributed by atoms with van der Waals surface area (Å²) in [5.41, 5.74) is -0.132. The number of pyridine rings is 1. The average molecular weight is 331 g/mol. The third-order valence-electron chi connectivity index (χ3n) is 3.06. The highest BCUT2D eigenvalue weighted by atomic mass is 79.9. The molecule has 0 aliphatic rings. The van der Waals surface area contributed by atoms with Crippen LogP contribution in [0.1, 0.15) is 20.3 Å². The minimum atomic E-state index is -0.132. The minimum Gasteiger partial charge on any atom is -0.396 e. The molecule has 0 radical (unpaired) electrons. The van der Waals surface area contributed by atoms with Gasteiger partial charge in [-0.1, -0.05) is 6.92 Å². The van der Waals surface area contributed by atoms with Gasteiger partial charge in [0.05, 0.1) is 0 Å². The standard InChI is InChI=1S/C13H19BrN2O3/c1-9(8-17)10(2)15-12(18)5-6-16-7-11(14)3-4-13(16)19/h3-4,7,9-10,17H,5-6,8H2,1-2H3,(H,15,18). The lowest BCUT2D eigenvalue weighted by molar-refractivity contribution is -0.122. The van der Waals surface area contributed by atoms with Gasteiger partial charge in [-0.05, 0) is 34.8 Å². The van der Waals surface area contributed by atoms with Gasteiger partial charge in [-0.2, -0.15) is 0 Å². The Bertz CT molecular complexity index is 487. The lowest BCUT2D eigenvalue weighted by Crippen LogP contribution is -2.39. The number of aromatic nitrogens is 1. The van der Waals surface area contributed by atoms with Gasteiger partial charge in [-0.25, -0.2) is 0 Å². The molecule has 0 saturated heterocycles. The maximum absolute atomic E-state index is 11.7. The second-order valence-electron chi connectivity index (χ2n) is 4.64. The number of carbonyl (C=O) groups excluding carboxylic acids is 1. The Morgan fingerprint density at radius 3 is 2.79 bits per heavy atom. The van der Waals surface area contributed by atoms with Crippen molar-refractivity contribution in [1.29, 1.82) is 0 Å². The predicted octanol–water partition coefficient (Wildman–Crippen LogP) is 1.13. The van der Waals surface area contributed by atoms with E-state index in [4.69, 9.17) is 5.11 Å². The number of carbonyl (C=O) groups is 1. The molecule has 1 aromatic heterocycles. The van der Waals surface area contributed by atoms with Crippen LogP contribution in [0.3, 0.4) is 0 Å². The highest BCUT2D eigenvalue weighted by molar-refractivity contribution is 9.10. The van der Waals surface area contributed by atoms with E-state index in [2.05, 4.69) is 21.2 Å². The number of aliphatic hydroxyl groups is 1. The first-order chi connectivity index (χ1) is 8.93. The van der Waals surface area contributed by atoms with E-state index in [1.54, 1.807) is 12.3 Å². The normalized spacial score (nSPS) is 13.9. The van der Waals surface area contributed by atoms with Crippen molar-refractivity contribution in [2.24, 2.45) is 5.92 Å². The van der Waals surface area contributed by atoms with Crippen molar-refractivity contribution in [2.75, 3.05) is 6.61 Å². The molecule has 0 bridgehead atoms. The smallest absolute Gasteiger partial charge is 0.250 e. The average Bonchev–Trinajstić information content (AvgIpc) is 2.38. The van der Waals surface area contributed by atoms with Crippen LogP contribution in [-0.4, -0.2) is 28.2 Å². The molecule has 1 rings (SSSR count). The number of amides is 1. The molecular formula is C13H19BrN2O3. The summed E-state index contributed by atoms with van der Waals surface area (Å²) in [4.78, 5) is 23.3. The molecule has 0 spiro atoms. The molecule has 5 nitrogen and oxygen atoms in total. The van der Waals surface area contributed by atoms with Crippen molar-refractivity contribution < 1.29 is 9.90 Å². The van der Waals surface area contributed by atoms with Gasteiger partial charge in [0.2, 0.25) is 5.91 Å². The van der Waals surface area contributed by atoms with Gasteiger partial charge in [0.15, 0.2) is 0 Å². The molecule has 2 unspecified atom stereocenters. The zero-order chi connectivity index (χ0) is 14.4. The van der Waals surface area contributed by atoms with E-state index in [0.717, 1.165) is 4.47 Å². The van der Waals surface area contributed by atoms with E-state index in [1.807, 2.05) is 13.8 Å². The zero-order valence-corrected chi connectivity index (χ0v) is 12.7. The fourth-order valence-electron chi connectivity index (χ4n) is 1.53. The summed E-state index contributed by atoms with van der Waals surface area (Å²) in [6.07, 6.45) is 1.90. The number of halogens is 1. The largest absolute Gasteiger partial charge is 0.396 e. The third-order valence-corrected chi connectivity index (χ3v) is 3.53. The number of aryl methyl sites for hydroxylation is 1. The number of rotatable bonds is 6. The first-order valence-corrected chi connectivity index (χ1v) is 6.99. The molecule has 0 aliphatic carbocycles. The fourth-order valence-corrected chi connectivity index (χ4v) is 1.90. The summed E-state index contributed by atoms with van der Waals surface area (Å²) >= 11 is 3.28. The van der Waals surface area contributed by atoms with Crippen molar-refractivity contribution in [1.82, 2.24) is 9.88 Å². The van der Waals surface area contributed by atoms with Crippen LogP contribution >= 0.6 is 15.9 Å². The van der Waals surface area contributed by atoms with Gasteiger partial charge in [0, 0.05) is 42.4 Å². The SMILES string of the molecule is CC(CO)C(C)NC(=O)CCn1cc(Br)ccc1=O. The van der Waals surface area contributed by atoms with Gasteiger partial charge in [-0.3, -0.25) is 9.59 Å². The lowest BCUT2D eigenvalue weighted by atomic mass is 10.1. The predicted molar refractivity (Wildman–Crippen MR) is 76.9 cm³/mol. The fraction of sp³-hybridized carbons (Fsp3) is 0.538. The maximum Gasteiger partial charge on any atom is 0.250 e. The third kappa shape index (κ3) is 5.16. The topological polar surface area (TPSA) is 71.3 Å². The van der Waals surface area contributed by atoms with Gasteiger partial charge in [-0.15, -0.1) is 0 Å². The molecule has 106 valence electrons. The molecule has 2 atom stereocenters. The monoisotopic (exact) mass is 330 g/mol. The molecule has 0 saturated carbocycles. The highest BCUT2D eigenvalue weighted by Gasteiger charge is 2.13. The first kappa shape index (κ1) is 15.9. The number of aliphatic hydroxyl groups excluding tert-OH is 1. The van der Waals surface area contributed by atoms with Crippen molar-refractivity contribution in [2.45, 2.75) is 32.9 Å². The molecule has 19 heavy (non-hydrogen) atoms. The van der Waals surface area contributed by atoms with Crippen LogP contribution in [0.15, 0.2) is 27.6 Å². The molecule has 1 amide bonds.